The normalized spacial score (nSPS) is 13.8. The molecule has 13 unspecified atom stereocenters. The predicted molar refractivity (Wildman–Crippen MR) is 502 cm³/mol. The molecule has 0 radical (unpaired) electrons. The van der Waals surface area contributed by atoms with Crippen molar-refractivity contribution < 1.29 is 77.7 Å². The minimum atomic E-state index is -3.27. The number of allylic oxidation sites excluding steroid dienone is 12. The van der Waals surface area contributed by atoms with Crippen molar-refractivity contribution in [2.24, 2.45) is 45.0 Å². The molecule has 13 atom stereocenters. The van der Waals surface area contributed by atoms with Crippen LogP contribution in [0, 0.1) is 24.7 Å². The number of aliphatic hydroxyl groups is 2. The number of aliphatic hydroxyl groups excluding tert-OH is 2. The molecule has 0 heterocycles. The van der Waals surface area contributed by atoms with Crippen LogP contribution in [0.15, 0.2) is 217 Å². The number of Topliss-reactive ketones (excluding diaryl/α,β-unsaturated/α-hetero) is 1. The van der Waals surface area contributed by atoms with Gasteiger partial charge in [-0.05, 0) is 196 Å². The molecule has 0 saturated heterocycles. The highest BCUT2D eigenvalue weighted by molar-refractivity contribution is 7.86. The maximum absolute atomic E-state index is 12.3. The number of amides is 3. The van der Waals surface area contributed by atoms with Crippen molar-refractivity contribution in [1.82, 2.24) is 16.0 Å². The molecule has 0 fully saturated rings. The van der Waals surface area contributed by atoms with E-state index in [2.05, 4.69) is 131 Å². The number of hydrogen-bond acceptors (Lipinski definition) is 22. The lowest BCUT2D eigenvalue weighted by Crippen LogP contribution is -2.44. The van der Waals surface area contributed by atoms with Gasteiger partial charge in [-0.15, -0.1) is 12.8 Å². The van der Waals surface area contributed by atoms with Crippen molar-refractivity contribution in [2.75, 3.05) is 6.26 Å². The third kappa shape index (κ3) is 73.0. The summed E-state index contributed by atoms with van der Waals surface area (Å²) in [6, 6.07) is 37.0. The predicted octanol–water partition coefficient (Wildman–Crippen LogP) is 18.5. The fraction of sp³-hybridized carbons (Fsp3) is 0.457. The number of benzene rings is 5. The fourth-order valence-corrected chi connectivity index (χ4v) is 8.86. The first-order valence-corrected chi connectivity index (χ1v) is 43.0. The minimum absolute atomic E-state index is 0.0163. The first kappa shape index (κ1) is 120. The van der Waals surface area contributed by atoms with E-state index in [4.69, 9.17) is 78.6 Å². The van der Waals surface area contributed by atoms with Gasteiger partial charge < -0.3 is 73.9 Å². The number of carbonyl (C=O) groups excluding carboxylic acids is 6. The molecule has 16 N–H and O–H groups in total. The van der Waals surface area contributed by atoms with Crippen molar-refractivity contribution in [3.05, 3.63) is 255 Å². The van der Waals surface area contributed by atoms with Gasteiger partial charge in [-0.3, -0.25) is 23.4 Å². The van der Waals surface area contributed by atoms with Crippen LogP contribution in [0.1, 0.15) is 212 Å². The molecule has 0 aliphatic carbocycles. The minimum Gasteiger partial charge on any atom is -0.507 e. The molecule has 0 aromatic heterocycles. The van der Waals surface area contributed by atoms with Crippen LogP contribution >= 0.6 is 23.2 Å². The third-order valence-corrected chi connectivity index (χ3v) is 18.0. The Morgan fingerprint density at radius 2 is 0.823 bits per heavy atom. The molecule has 0 saturated carbocycles. The number of carbonyl (C=O) groups is 6. The van der Waals surface area contributed by atoms with Crippen LogP contribution in [0.25, 0.3) is 20.9 Å². The van der Waals surface area contributed by atoms with Crippen LogP contribution in [0.3, 0.4) is 0 Å². The highest BCUT2D eigenvalue weighted by Crippen LogP contribution is 2.20. The molecular formula is C92H139Cl2N13O16S. The molecule has 32 heteroatoms. The van der Waals surface area contributed by atoms with Crippen LogP contribution in [-0.4, -0.2) is 147 Å². The van der Waals surface area contributed by atoms with Crippen molar-refractivity contribution >= 4 is 67.7 Å². The van der Waals surface area contributed by atoms with Crippen molar-refractivity contribution in [1.29, 1.82) is 0 Å². The quantitative estimate of drug-likeness (QED) is 0.00334. The average Bonchev–Trinajstić information content (AvgIpc) is 0.868. The summed E-state index contributed by atoms with van der Waals surface area (Å²) in [5.74, 6) is -0.338. The Morgan fingerprint density at radius 1 is 0.500 bits per heavy atom. The highest BCUT2D eigenvalue weighted by Gasteiger charge is 2.21. The number of ketones is 1. The average molecular weight is 1790 g/mol. The number of hydrogen-bond donors (Lipinski definition) is 12. The molecule has 0 aliphatic heterocycles. The number of phenols is 3. The molecule has 0 aliphatic rings. The van der Waals surface area contributed by atoms with E-state index in [9.17, 15) is 47.4 Å². The van der Waals surface area contributed by atoms with Crippen molar-refractivity contribution in [2.45, 2.75) is 254 Å². The van der Waals surface area contributed by atoms with Gasteiger partial charge in [0.1, 0.15) is 37.6 Å². The summed E-state index contributed by atoms with van der Waals surface area (Å²) >= 11 is 10.1. The second-order valence-corrected chi connectivity index (χ2v) is 30.8. The fourth-order valence-electron chi connectivity index (χ4n) is 7.87. The standard InChI is InChI=1S/C34H47NO3.C12H18N2O2.C11H16N2O2.C8H7ClO2.C7H5ClO2.C6H14O3S.C4H8N6.C4H12N2.C4H10O2.C2H2/c1-4-5-6-7-8-9-10-11-12-13-14-15-16-17-18-19-20-21-22-25-31(36)28-29(2)30(3)35-34(38)32-26-23-24-27-33(32)37;1-9(13)10(2)14-12(15)16-8-11-6-4-3-5-7-11;1-7(12)8(2)13-11(15)9-5-3-4-6-10(9)14;9-8(10)11-6-7-4-2-1-3-5-7;8-7(10)5-3-1-2-4-6(5)9;1-5(2)6(3)9-10(4,7)8;1-3(7-9-5)4(2)8-10-6;2*1-3(5)4(2)6;1-2/h5-6,8-9,11-12,14-15,17-18,20-21,23-24,26-27,29-30,37H,4,7,10,13,16,19,22,25,28H2,1-3H3,(H,35,38);3-7,9-10H,8,13H2,1-2H3,(H,14,15);3-8,14H,12H2,1-2H3,(H,13,15);1-5H,6H2;1-4,9H;5-6H,1-4H3;3-4H,1-2H3;3-4H,5-6H2,1-2H3;3-6H,1-2H3;1-2H/b6-5-,9-8-,12-11-,15-14-,18-17-,21-20-;;;;;;;;;/i;;;;;;;;;1D. The van der Waals surface area contributed by atoms with E-state index >= 15 is 0 Å². The summed E-state index contributed by atoms with van der Waals surface area (Å²) in [7, 11) is -3.27. The smallest absolute Gasteiger partial charge is 0.407 e. The number of ether oxygens (including phenoxy) is 2. The van der Waals surface area contributed by atoms with E-state index < -0.39 is 39.1 Å². The van der Waals surface area contributed by atoms with Gasteiger partial charge in [-0.25, -0.2) is 9.59 Å². The van der Waals surface area contributed by atoms with E-state index in [1.807, 2.05) is 130 Å². The summed E-state index contributed by atoms with van der Waals surface area (Å²) in [6.45, 7) is 29.7. The molecule has 124 heavy (non-hydrogen) atoms. The molecule has 0 bridgehead atoms. The van der Waals surface area contributed by atoms with Crippen molar-refractivity contribution in [3.8, 4) is 30.1 Å². The number of phenolic OH excluding ortho intramolecular Hbond substituents is 3. The number of nitrogens with zero attached hydrogens (tertiary/aromatic N) is 6. The molecule has 5 aromatic carbocycles. The van der Waals surface area contributed by atoms with Crippen LogP contribution in [-0.2, 0) is 41.8 Å². The van der Waals surface area contributed by atoms with Gasteiger partial charge in [-0.1, -0.05) is 222 Å². The summed E-state index contributed by atoms with van der Waals surface area (Å²) in [4.78, 5) is 73.5. The third-order valence-electron chi connectivity index (χ3n) is 17.0. The van der Waals surface area contributed by atoms with E-state index in [0.29, 0.717) is 12.8 Å². The van der Waals surface area contributed by atoms with Crippen molar-refractivity contribution in [3.63, 3.8) is 0 Å². The summed E-state index contributed by atoms with van der Waals surface area (Å²) < 4.78 is 41.1. The molecule has 688 valence electrons. The van der Waals surface area contributed by atoms with Crippen LogP contribution < -0.4 is 38.9 Å². The Bertz CT molecular complexity index is 4150. The second kappa shape index (κ2) is 77.2. The molecule has 5 rings (SSSR count). The number of halogens is 2. The SMILES string of the molecule is CC(C)C(C)OS(C)(=O)=O.CC(N)C(C)N.CC(N)C(C)NC(=O)OCc1ccccc1.CC(N)C(C)NC(=O)c1ccccc1O.CC(N=[N+]=[N-])C(C)N=[N+]=[N-].CC(O)C(C)O.CC/C=C\C/C=C\C/C=C\C/C=C\C/C=C\C/C=C\CCC(=O)CC(C)C(C)NC(=O)c1ccccc1O.O=C(Cl)OCc1ccccc1.O=C(Cl)c1ccccc1O.[2H]C#C. The summed E-state index contributed by atoms with van der Waals surface area (Å²) in [6.07, 6.45) is 38.5. The van der Waals surface area contributed by atoms with E-state index in [0.717, 1.165) is 62.3 Å². The zero-order valence-electron chi connectivity index (χ0n) is 76.0. The number of nitrogens with two attached hydrogens (primary N) is 4. The number of rotatable bonds is 37. The lowest BCUT2D eigenvalue weighted by Gasteiger charge is -2.21. The largest absolute Gasteiger partial charge is 0.507 e. The molecule has 29 nitrogen and oxygen atoms in total. The van der Waals surface area contributed by atoms with E-state index in [-0.39, 0.29) is 137 Å². The van der Waals surface area contributed by atoms with Crippen LogP contribution in [0.2, 0.25) is 0 Å². The molecule has 5 aromatic rings. The number of para-hydroxylation sites is 3. The zero-order valence-corrected chi connectivity index (χ0v) is 77.3. The van der Waals surface area contributed by atoms with E-state index in [1.165, 1.54) is 30.7 Å². The summed E-state index contributed by atoms with van der Waals surface area (Å²) in [5.41, 5.74) is 39.6. The Kier molecular flexibility index (Phi) is 74.5. The Morgan fingerprint density at radius 3 is 1.11 bits per heavy atom. The van der Waals surface area contributed by atoms with Gasteiger partial charge in [-0.2, -0.15) is 8.42 Å². The van der Waals surface area contributed by atoms with Crippen LogP contribution in [0.4, 0.5) is 9.59 Å². The summed E-state index contributed by atoms with van der Waals surface area (Å²) in [5, 5.41) is 59.3. The number of azide groups is 2. The van der Waals surface area contributed by atoms with Gasteiger partial charge in [0.2, 0.25) is 0 Å². The van der Waals surface area contributed by atoms with Gasteiger partial charge in [0.25, 0.3) is 27.2 Å². The van der Waals surface area contributed by atoms with Crippen LogP contribution in [0.5, 0.6) is 17.2 Å². The Balaban J connectivity index is -0.000000464. The zero-order chi connectivity index (χ0) is 96.3. The van der Waals surface area contributed by atoms with Gasteiger partial charge in [0.05, 0.1) is 41.3 Å². The Hall–Kier alpha value is -10.6. The van der Waals surface area contributed by atoms with Gasteiger partial charge in [0, 0.05) is 88.6 Å². The maximum atomic E-state index is 12.3. The first-order valence-electron chi connectivity index (χ1n) is 40.9. The molecular weight excluding hydrogens is 1650 g/mol. The second-order valence-electron chi connectivity index (χ2n) is 28.6. The first-order chi connectivity index (χ1) is 58.8. The number of alkyl carbamates (subject to hydrolysis) is 1. The monoisotopic (exact) mass is 1780 g/mol. The number of terminal acetylenes is 1. The number of aromatic hydroxyl groups is 3. The lowest BCUT2D eigenvalue weighted by atomic mass is 9.95. The van der Waals surface area contributed by atoms with E-state index in [1.54, 1.807) is 83.1 Å². The molecule has 0 spiro atoms. The number of nitrogens with one attached hydrogen (secondary N) is 3. The van der Waals surface area contributed by atoms with Gasteiger partial charge >= 0.3 is 11.5 Å². The van der Waals surface area contributed by atoms with Gasteiger partial charge in [0.15, 0.2) is 0 Å². The Labute approximate surface area is 748 Å². The topological polar surface area (TPSA) is 503 Å². The maximum Gasteiger partial charge on any atom is 0.407 e. The molecule has 3 amide bonds. The highest BCUT2D eigenvalue weighted by atomic mass is 35.5. The lowest BCUT2D eigenvalue weighted by molar-refractivity contribution is -0.120.